The third kappa shape index (κ3) is 6.98. The molecule has 2 aromatic carbocycles. The lowest BCUT2D eigenvalue weighted by atomic mass is 10.2. The topological polar surface area (TPSA) is 38.3 Å². The summed E-state index contributed by atoms with van der Waals surface area (Å²) in [6, 6.07) is 12.5. The van der Waals surface area contributed by atoms with Gasteiger partial charge in [0.2, 0.25) is 0 Å². The van der Waals surface area contributed by atoms with Gasteiger partial charge in [-0.05, 0) is 48.9 Å². The zero-order valence-corrected chi connectivity index (χ0v) is 16.7. The standard InChI is InChI=1S/C18H18Cl3NO2S/c1-12(24-15-5-3-14(19)4-6-15)18(23)22-8-9-25-11-13-2-7-16(20)17(21)10-13/h2-7,10,12H,8-9,11H2,1H3,(H,22,23)/t12-/m1/s1. The number of hydrogen-bond acceptors (Lipinski definition) is 3. The minimum Gasteiger partial charge on any atom is -0.481 e. The van der Waals surface area contributed by atoms with Gasteiger partial charge in [0.15, 0.2) is 6.10 Å². The van der Waals surface area contributed by atoms with Crippen LogP contribution in [0, 0.1) is 0 Å². The van der Waals surface area contributed by atoms with Crippen molar-refractivity contribution in [2.45, 2.75) is 18.8 Å². The van der Waals surface area contributed by atoms with Crippen LogP contribution in [0.5, 0.6) is 5.75 Å². The number of hydrogen-bond donors (Lipinski definition) is 1. The monoisotopic (exact) mass is 417 g/mol. The van der Waals surface area contributed by atoms with Crippen LogP contribution in [0.2, 0.25) is 15.1 Å². The fourth-order valence-electron chi connectivity index (χ4n) is 1.98. The van der Waals surface area contributed by atoms with Crippen LogP contribution in [0.15, 0.2) is 42.5 Å². The Morgan fingerprint density at radius 2 is 1.84 bits per heavy atom. The zero-order valence-electron chi connectivity index (χ0n) is 13.6. The van der Waals surface area contributed by atoms with Gasteiger partial charge in [-0.25, -0.2) is 0 Å². The van der Waals surface area contributed by atoms with Crippen molar-refractivity contribution in [1.29, 1.82) is 0 Å². The van der Waals surface area contributed by atoms with E-state index in [0.29, 0.717) is 27.4 Å². The SMILES string of the molecule is C[C@@H](Oc1ccc(Cl)cc1)C(=O)NCCSCc1ccc(Cl)c(Cl)c1. The average molecular weight is 419 g/mol. The maximum Gasteiger partial charge on any atom is 0.260 e. The molecule has 0 fully saturated rings. The van der Waals surface area contributed by atoms with Crippen LogP contribution in [0.25, 0.3) is 0 Å². The molecule has 1 atom stereocenters. The lowest BCUT2D eigenvalue weighted by Crippen LogP contribution is -2.37. The summed E-state index contributed by atoms with van der Waals surface area (Å²) in [5.41, 5.74) is 1.10. The molecule has 25 heavy (non-hydrogen) atoms. The van der Waals surface area contributed by atoms with Crippen molar-refractivity contribution in [3.05, 3.63) is 63.1 Å². The van der Waals surface area contributed by atoms with E-state index in [1.54, 1.807) is 49.0 Å². The van der Waals surface area contributed by atoms with E-state index in [4.69, 9.17) is 39.5 Å². The third-order valence-electron chi connectivity index (χ3n) is 3.29. The molecule has 0 saturated heterocycles. The van der Waals surface area contributed by atoms with Crippen molar-refractivity contribution in [2.75, 3.05) is 12.3 Å². The fourth-order valence-corrected chi connectivity index (χ4v) is 3.23. The second-order valence-electron chi connectivity index (χ2n) is 5.31. The summed E-state index contributed by atoms with van der Waals surface area (Å²) in [7, 11) is 0. The maximum atomic E-state index is 12.0. The van der Waals surface area contributed by atoms with Crippen LogP contribution >= 0.6 is 46.6 Å². The van der Waals surface area contributed by atoms with Gasteiger partial charge in [-0.15, -0.1) is 0 Å². The summed E-state index contributed by atoms with van der Waals surface area (Å²) in [5.74, 6) is 2.06. The highest BCUT2D eigenvalue weighted by Crippen LogP contribution is 2.24. The molecule has 0 aliphatic rings. The van der Waals surface area contributed by atoms with E-state index in [1.807, 2.05) is 12.1 Å². The summed E-state index contributed by atoms with van der Waals surface area (Å²) < 4.78 is 5.58. The van der Waals surface area contributed by atoms with Gasteiger partial charge in [0.1, 0.15) is 5.75 Å². The lowest BCUT2D eigenvalue weighted by Gasteiger charge is -2.14. The van der Waals surface area contributed by atoms with E-state index < -0.39 is 6.10 Å². The minimum atomic E-state index is -0.568. The van der Waals surface area contributed by atoms with Gasteiger partial charge in [0.25, 0.3) is 5.91 Å². The number of amides is 1. The van der Waals surface area contributed by atoms with Gasteiger partial charge in [-0.3, -0.25) is 4.79 Å². The minimum absolute atomic E-state index is 0.148. The summed E-state index contributed by atoms with van der Waals surface area (Å²) in [6.45, 7) is 2.28. The Bertz CT molecular complexity index is 710. The molecule has 0 radical (unpaired) electrons. The van der Waals surface area contributed by atoms with Crippen molar-refractivity contribution in [3.63, 3.8) is 0 Å². The van der Waals surface area contributed by atoms with E-state index in [2.05, 4.69) is 5.32 Å². The number of thioether (sulfide) groups is 1. The largest absolute Gasteiger partial charge is 0.481 e. The number of ether oxygens (including phenoxy) is 1. The molecule has 3 nitrogen and oxygen atoms in total. The van der Waals surface area contributed by atoms with E-state index in [0.717, 1.165) is 17.1 Å². The van der Waals surface area contributed by atoms with Crippen LogP contribution in [-0.2, 0) is 10.5 Å². The van der Waals surface area contributed by atoms with Crippen LogP contribution < -0.4 is 10.1 Å². The quantitative estimate of drug-likeness (QED) is 0.578. The first-order chi connectivity index (χ1) is 12.0. The normalized spacial score (nSPS) is 11.8. The Morgan fingerprint density at radius 1 is 1.12 bits per heavy atom. The van der Waals surface area contributed by atoms with Crippen molar-refractivity contribution in [1.82, 2.24) is 5.32 Å². The first-order valence-electron chi connectivity index (χ1n) is 7.67. The van der Waals surface area contributed by atoms with Crippen LogP contribution in [0.3, 0.4) is 0 Å². The number of carbonyl (C=O) groups is 1. The molecule has 0 unspecified atom stereocenters. The molecule has 0 spiro atoms. The number of rotatable bonds is 8. The molecule has 0 saturated carbocycles. The van der Waals surface area contributed by atoms with Crippen molar-refractivity contribution in [3.8, 4) is 5.75 Å². The van der Waals surface area contributed by atoms with Crippen LogP contribution in [-0.4, -0.2) is 24.3 Å². The number of benzene rings is 2. The van der Waals surface area contributed by atoms with E-state index in [-0.39, 0.29) is 5.91 Å². The molecular weight excluding hydrogens is 401 g/mol. The highest BCUT2D eigenvalue weighted by atomic mass is 35.5. The molecular formula is C18H18Cl3NO2S. The number of halogens is 3. The van der Waals surface area contributed by atoms with Crippen LogP contribution in [0.4, 0.5) is 0 Å². The molecule has 2 aromatic rings. The van der Waals surface area contributed by atoms with Crippen molar-refractivity contribution < 1.29 is 9.53 Å². The fraction of sp³-hybridized carbons (Fsp3) is 0.278. The average Bonchev–Trinajstić information content (AvgIpc) is 2.59. The summed E-state index contributed by atoms with van der Waals surface area (Å²) in [4.78, 5) is 12.0. The molecule has 1 N–H and O–H groups in total. The summed E-state index contributed by atoms with van der Waals surface area (Å²) >= 11 is 19.4. The predicted molar refractivity (Wildman–Crippen MR) is 107 cm³/mol. The molecule has 0 heterocycles. The van der Waals surface area contributed by atoms with E-state index in [9.17, 15) is 4.79 Å². The molecule has 0 bridgehead atoms. The smallest absolute Gasteiger partial charge is 0.260 e. The lowest BCUT2D eigenvalue weighted by molar-refractivity contribution is -0.127. The molecule has 2 rings (SSSR count). The Morgan fingerprint density at radius 3 is 2.52 bits per heavy atom. The summed E-state index contributed by atoms with van der Waals surface area (Å²) in [5, 5.41) is 4.60. The van der Waals surface area contributed by atoms with Gasteiger partial charge in [0.05, 0.1) is 10.0 Å². The zero-order chi connectivity index (χ0) is 18.2. The van der Waals surface area contributed by atoms with Gasteiger partial charge in [-0.2, -0.15) is 11.8 Å². The first kappa shape index (κ1) is 20.2. The van der Waals surface area contributed by atoms with Gasteiger partial charge in [-0.1, -0.05) is 40.9 Å². The molecule has 0 aliphatic heterocycles. The number of nitrogens with one attached hydrogen (secondary N) is 1. The molecule has 0 aliphatic carbocycles. The van der Waals surface area contributed by atoms with Crippen molar-refractivity contribution in [2.24, 2.45) is 0 Å². The van der Waals surface area contributed by atoms with Crippen LogP contribution in [0.1, 0.15) is 12.5 Å². The van der Waals surface area contributed by atoms with Crippen molar-refractivity contribution >= 4 is 52.5 Å². The highest BCUT2D eigenvalue weighted by molar-refractivity contribution is 7.98. The Balaban J connectivity index is 1.65. The van der Waals surface area contributed by atoms with Gasteiger partial charge >= 0.3 is 0 Å². The Hall–Kier alpha value is -1.07. The predicted octanol–water partition coefficient (Wildman–Crippen LogP) is 5.46. The first-order valence-corrected chi connectivity index (χ1v) is 9.96. The Labute approximate surface area is 167 Å². The highest BCUT2D eigenvalue weighted by Gasteiger charge is 2.13. The van der Waals surface area contributed by atoms with Gasteiger partial charge < -0.3 is 10.1 Å². The Kier molecular flexibility index (Phi) is 8.24. The van der Waals surface area contributed by atoms with Gasteiger partial charge in [0, 0.05) is 23.1 Å². The second kappa shape index (κ2) is 10.2. The molecule has 1 amide bonds. The maximum absolute atomic E-state index is 12.0. The number of carbonyl (C=O) groups excluding carboxylic acids is 1. The third-order valence-corrected chi connectivity index (χ3v) is 5.32. The molecule has 134 valence electrons. The molecule has 7 heteroatoms. The van der Waals surface area contributed by atoms with E-state index in [1.165, 1.54) is 0 Å². The van der Waals surface area contributed by atoms with E-state index >= 15 is 0 Å². The summed E-state index contributed by atoms with van der Waals surface area (Å²) in [6.07, 6.45) is -0.568. The molecule has 0 aromatic heterocycles. The second-order valence-corrected chi connectivity index (χ2v) is 7.66.